The number of carbonyl (C=O) groups is 1. The van der Waals surface area contributed by atoms with E-state index in [9.17, 15) is 4.79 Å². The van der Waals surface area contributed by atoms with E-state index in [1.807, 2.05) is 12.1 Å². The Hall–Kier alpha value is -3.12. The fourth-order valence-electron chi connectivity index (χ4n) is 2.54. The Morgan fingerprint density at radius 3 is 2.25 bits per heavy atom. The SMILES string of the molecule is COc1ccc(NC(=O)c2cnc(Nc3ccc(C(C)C)cc3)nc2)cc1Cl. The number of aromatic nitrogens is 2. The molecule has 0 spiro atoms. The lowest BCUT2D eigenvalue weighted by atomic mass is 10.0. The van der Waals surface area contributed by atoms with E-state index in [2.05, 4.69) is 46.6 Å². The van der Waals surface area contributed by atoms with Crippen LogP contribution >= 0.6 is 11.6 Å². The molecule has 1 heterocycles. The smallest absolute Gasteiger partial charge is 0.258 e. The number of hydrogen-bond donors (Lipinski definition) is 2. The van der Waals surface area contributed by atoms with E-state index in [0.717, 1.165) is 5.69 Å². The van der Waals surface area contributed by atoms with Gasteiger partial charge in [-0.15, -0.1) is 0 Å². The van der Waals surface area contributed by atoms with Gasteiger partial charge in [0, 0.05) is 23.8 Å². The summed E-state index contributed by atoms with van der Waals surface area (Å²) in [5.41, 5.74) is 3.04. The monoisotopic (exact) mass is 396 g/mol. The van der Waals surface area contributed by atoms with E-state index in [4.69, 9.17) is 16.3 Å². The van der Waals surface area contributed by atoms with Crippen molar-refractivity contribution in [1.29, 1.82) is 0 Å². The van der Waals surface area contributed by atoms with Crippen molar-refractivity contribution in [2.45, 2.75) is 19.8 Å². The van der Waals surface area contributed by atoms with Gasteiger partial charge in [-0.2, -0.15) is 0 Å². The predicted molar refractivity (Wildman–Crippen MR) is 112 cm³/mol. The van der Waals surface area contributed by atoms with Gasteiger partial charge in [-0.25, -0.2) is 9.97 Å². The van der Waals surface area contributed by atoms with Crippen molar-refractivity contribution in [3.63, 3.8) is 0 Å². The molecule has 0 aliphatic rings. The fourth-order valence-corrected chi connectivity index (χ4v) is 2.80. The van der Waals surface area contributed by atoms with Crippen LogP contribution in [-0.2, 0) is 0 Å². The zero-order valence-electron chi connectivity index (χ0n) is 15.9. The van der Waals surface area contributed by atoms with Gasteiger partial charge >= 0.3 is 0 Å². The molecule has 1 amide bonds. The zero-order chi connectivity index (χ0) is 20.1. The Morgan fingerprint density at radius 2 is 1.68 bits per heavy atom. The van der Waals surface area contributed by atoms with Gasteiger partial charge in [-0.3, -0.25) is 4.79 Å². The summed E-state index contributed by atoms with van der Waals surface area (Å²) < 4.78 is 5.10. The molecule has 0 aliphatic heterocycles. The first-order valence-corrected chi connectivity index (χ1v) is 9.18. The predicted octanol–water partition coefficient (Wildman–Crippen LogP) is 5.26. The number of rotatable bonds is 6. The highest BCUT2D eigenvalue weighted by Gasteiger charge is 2.10. The minimum Gasteiger partial charge on any atom is -0.495 e. The van der Waals surface area contributed by atoms with Crippen molar-refractivity contribution in [3.8, 4) is 5.75 Å². The van der Waals surface area contributed by atoms with Crippen LogP contribution in [0.5, 0.6) is 5.75 Å². The molecule has 0 fully saturated rings. The summed E-state index contributed by atoms with van der Waals surface area (Å²) in [4.78, 5) is 20.8. The molecule has 144 valence electrons. The summed E-state index contributed by atoms with van der Waals surface area (Å²) in [5, 5.41) is 6.29. The highest BCUT2D eigenvalue weighted by molar-refractivity contribution is 6.32. The summed E-state index contributed by atoms with van der Waals surface area (Å²) in [6, 6.07) is 13.1. The number of nitrogens with one attached hydrogen (secondary N) is 2. The molecule has 3 rings (SSSR count). The molecule has 1 aromatic heterocycles. The second kappa shape index (κ2) is 8.71. The fraction of sp³-hybridized carbons (Fsp3) is 0.190. The Labute approximate surface area is 168 Å². The zero-order valence-corrected chi connectivity index (χ0v) is 16.6. The summed E-state index contributed by atoms with van der Waals surface area (Å²) >= 11 is 6.07. The van der Waals surface area contributed by atoms with Crippen LogP contribution in [0.25, 0.3) is 0 Å². The second-order valence-corrected chi connectivity index (χ2v) is 6.91. The van der Waals surface area contributed by atoms with E-state index in [1.54, 1.807) is 18.2 Å². The van der Waals surface area contributed by atoms with Gasteiger partial charge in [0.25, 0.3) is 5.91 Å². The number of benzene rings is 2. The Bertz CT molecular complexity index is 957. The van der Waals surface area contributed by atoms with E-state index in [0.29, 0.717) is 33.9 Å². The summed E-state index contributed by atoms with van der Waals surface area (Å²) in [6.07, 6.45) is 2.94. The Kier molecular flexibility index (Phi) is 6.11. The molecule has 3 aromatic rings. The molecule has 0 saturated carbocycles. The van der Waals surface area contributed by atoms with Crippen molar-refractivity contribution in [3.05, 3.63) is 71.0 Å². The molecule has 0 bridgehead atoms. The van der Waals surface area contributed by atoms with Crippen molar-refractivity contribution in [2.75, 3.05) is 17.7 Å². The second-order valence-electron chi connectivity index (χ2n) is 6.50. The molecule has 0 unspecified atom stereocenters. The van der Waals surface area contributed by atoms with Crippen LogP contribution in [0.2, 0.25) is 5.02 Å². The minimum absolute atomic E-state index is 0.325. The number of anilines is 3. The molecular formula is C21H21ClN4O2. The van der Waals surface area contributed by atoms with E-state index < -0.39 is 0 Å². The standard InChI is InChI=1S/C21H21ClN4O2/c1-13(2)14-4-6-16(7-5-14)26-21-23-11-15(12-24-21)20(27)25-17-8-9-19(28-3)18(22)10-17/h4-13H,1-3H3,(H,25,27)(H,23,24,26). The lowest BCUT2D eigenvalue weighted by Gasteiger charge is -2.09. The van der Waals surface area contributed by atoms with Gasteiger partial charge in [0.15, 0.2) is 0 Å². The molecule has 2 N–H and O–H groups in total. The first kappa shape index (κ1) is 19.6. The molecule has 0 saturated heterocycles. The van der Waals surface area contributed by atoms with Crippen LogP contribution in [0.1, 0.15) is 35.7 Å². The third kappa shape index (κ3) is 4.78. The van der Waals surface area contributed by atoms with Gasteiger partial charge in [0.2, 0.25) is 5.95 Å². The number of methoxy groups -OCH3 is 1. The molecule has 0 atom stereocenters. The highest BCUT2D eigenvalue weighted by Crippen LogP contribution is 2.27. The third-order valence-corrected chi connectivity index (χ3v) is 4.45. The Morgan fingerprint density at radius 1 is 1.04 bits per heavy atom. The number of nitrogens with zero attached hydrogens (tertiary/aromatic N) is 2. The first-order valence-electron chi connectivity index (χ1n) is 8.80. The summed E-state index contributed by atoms with van der Waals surface area (Å²) in [7, 11) is 1.53. The highest BCUT2D eigenvalue weighted by atomic mass is 35.5. The lowest BCUT2D eigenvalue weighted by Crippen LogP contribution is -2.13. The summed E-state index contributed by atoms with van der Waals surface area (Å²) in [6.45, 7) is 4.30. The van der Waals surface area contributed by atoms with Gasteiger partial charge in [0.05, 0.1) is 17.7 Å². The van der Waals surface area contributed by atoms with Crippen LogP contribution < -0.4 is 15.4 Å². The van der Waals surface area contributed by atoms with E-state index in [1.165, 1.54) is 25.1 Å². The number of halogens is 1. The van der Waals surface area contributed by atoms with E-state index in [-0.39, 0.29) is 5.91 Å². The lowest BCUT2D eigenvalue weighted by molar-refractivity contribution is 0.102. The van der Waals surface area contributed by atoms with Crippen LogP contribution in [0.15, 0.2) is 54.9 Å². The number of carbonyl (C=O) groups excluding carboxylic acids is 1. The number of hydrogen-bond acceptors (Lipinski definition) is 5. The first-order chi connectivity index (χ1) is 13.5. The maximum absolute atomic E-state index is 12.4. The van der Waals surface area contributed by atoms with Gasteiger partial charge < -0.3 is 15.4 Å². The number of amides is 1. The molecule has 6 nitrogen and oxygen atoms in total. The molecule has 7 heteroatoms. The normalized spacial score (nSPS) is 10.6. The molecular weight excluding hydrogens is 376 g/mol. The van der Waals surface area contributed by atoms with Gasteiger partial charge in [0.1, 0.15) is 5.75 Å². The summed E-state index contributed by atoms with van der Waals surface area (Å²) in [5.74, 6) is 1.11. The third-order valence-electron chi connectivity index (χ3n) is 4.16. The van der Waals surface area contributed by atoms with Crippen LogP contribution in [0.4, 0.5) is 17.3 Å². The van der Waals surface area contributed by atoms with Crippen LogP contribution in [0.3, 0.4) is 0 Å². The number of ether oxygens (including phenoxy) is 1. The quantitative estimate of drug-likeness (QED) is 0.594. The van der Waals surface area contributed by atoms with E-state index >= 15 is 0 Å². The van der Waals surface area contributed by atoms with Crippen LogP contribution in [0, 0.1) is 0 Å². The molecule has 0 radical (unpaired) electrons. The molecule has 28 heavy (non-hydrogen) atoms. The maximum atomic E-state index is 12.4. The van der Waals surface area contributed by atoms with Gasteiger partial charge in [-0.1, -0.05) is 37.6 Å². The minimum atomic E-state index is -0.325. The Balaban J connectivity index is 1.64. The topological polar surface area (TPSA) is 76.1 Å². The maximum Gasteiger partial charge on any atom is 0.258 e. The largest absolute Gasteiger partial charge is 0.495 e. The van der Waals surface area contributed by atoms with Crippen LogP contribution in [-0.4, -0.2) is 23.0 Å². The van der Waals surface area contributed by atoms with Crippen molar-refractivity contribution < 1.29 is 9.53 Å². The van der Waals surface area contributed by atoms with Crippen molar-refractivity contribution in [1.82, 2.24) is 9.97 Å². The molecule has 2 aromatic carbocycles. The average Bonchev–Trinajstić information content (AvgIpc) is 2.69. The molecule has 0 aliphatic carbocycles. The van der Waals surface area contributed by atoms with Gasteiger partial charge in [-0.05, 0) is 41.8 Å². The average molecular weight is 397 g/mol. The van der Waals surface area contributed by atoms with Crippen molar-refractivity contribution in [2.24, 2.45) is 0 Å². The van der Waals surface area contributed by atoms with Crippen molar-refractivity contribution >= 4 is 34.8 Å².